The van der Waals surface area contributed by atoms with Crippen LogP contribution in [0.3, 0.4) is 0 Å². The fourth-order valence-electron chi connectivity index (χ4n) is 2.28. The van der Waals surface area contributed by atoms with E-state index in [9.17, 15) is 0 Å². The van der Waals surface area contributed by atoms with Crippen LogP contribution in [0.15, 0.2) is 36.7 Å². The first-order chi connectivity index (χ1) is 11.3. The number of methoxy groups -OCH3 is 1. The third-order valence-corrected chi connectivity index (χ3v) is 5.12. The van der Waals surface area contributed by atoms with Gasteiger partial charge in [-0.15, -0.1) is 11.3 Å². The summed E-state index contributed by atoms with van der Waals surface area (Å²) >= 11 is 7.84. The number of thiophene rings is 1. The summed E-state index contributed by atoms with van der Waals surface area (Å²) in [6.07, 6.45) is 4.62. The van der Waals surface area contributed by atoms with Crippen molar-refractivity contribution >= 4 is 33.2 Å². The van der Waals surface area contributed by atoms with E-state index in [2.05, 4.69) is 27.4 Å². The fourth-order valence-corrected chi connectivity index (χ4v) is 3.55. The molecule has 3 heterocycles. The molecule has 3 aromatic rings. The van der Waals surface area contributed by atoms with Gasteiger partial charge in [-0.05, 0) is 36.7 Å². The van der Waals surface area contributed by atoms with E-state index in [0.717, 1.165) is 51.9 Å². The van der Waals surface area contributed by atoms with Crippen molar-refractivity contribution in [2.45, 2.75) is 6.42 Å². The number of nitrogens with zero attached hydrogens (tertiary/aromatic N) is 2. The second-order valence-corrected chi connectivity index (χ2v) is 6.62. The number of halogens is 1. The van der Waals surface area contributed by atoms with Crippen LogP contribution >= 0.6 is 22.9 Å². The predicted octanol–water partition coefficient (Wildman–Crippen LogP) is 3.79. The molecule has 0 atom stereocenters. The van der Waals surface area contributed by atoms with Gasteiger partial charge in [0.25, 0.3) is 0 Å². The van der Waals surface area contributed by atoms with Crippen molar-refractivity contribution in [1.82, 2.24) is 15.3 Å². The van der Waals surface area contributed by atoms with Gasteiger partial charge in [-0.25, -0.2) is 0 Å². The molecule has 0 radical (unpaired) electrons. The molecule has 0 aliphatic heterocycles. The number of fused-ring (bicyclic) bond motifs is 1. The molecular formula is C17H18ClN3OS. The molecule has 0 aromatic carbocycles. The second kappa shape index (κ2) is 7.84. The molecule has 0 unspecified atom stereocenters. The van der Waals surface area contributed by atoms with E-state index >= 15 is 0 Å². The van der Waals surface area contributed by atoms with Gasteiger partial charge in [-0.3, -0.25) is 9.97 Å². The van der Waals surface area contributed by atoms with Gasteiger partial charge >= 0.3 is 0 Å². The molecule has 0 bridgehead atoms. The number of hydrogen-bond donors (Lipinski definition) is 1. The minimum atomic E-state index is 0.736. The molecule has 0 amide bonds. The van der Waals surface area contributed by atoms with E-state index < -0.39 is 0 Å². The lowest BCUT2D eigenvalue weighted by Crippen LogP contribution is -2.21. The predicted molar refractivity (Wildman–Crippen MR) is 96.3 cm³/mol. The molecule has 6 heteroatoms. The minimum absolute atomic E-state index is 0.736. The lowest BCUT2D eigenvalue weighted by Gasteiger charge is -2.04. The number of hydrogen-bond acceptors (Lipinski definition) is 5. The average Bonchev–Trinajstić information content (AvgIpc) is 3.01. The van der Waals surface area contributed by atoms with E-state index in [4.69, 9.17) is 16.3 Å². The van der Waals surface area contributed by atoms with Gasteiger partial charge in [0.15, 0.2) is 0 Å². The Labute approximate surface area is 144 Å². The molecule has 0 saturated carbocycles. The molecule has 0 fully saturated rings. The molecule has 4 nitrogen and oxygen atoms in total. The van der Waals surface area contributed by atoms with Gasteiger partial charge in [-0.2, -0.15) is 0 Å². The van der Waals surface area contributed by atoms with Gasteiger partial charge in [0.1, 0.15) is 0 Å². The third-order valence-electron chi connectivity index (χ3n) is 3.51. The Balaban J connectivity index is 1.67. The molecule has 0 saturated heterocycles. The molecular weight excluding hydrogens is 330 g/mol. The Kier molecular flexibility index (Phi) is 5.56. The lowest BCUT2D eigenvalue weighted by atomic mass is 10.2. The fraction of sp³-hybridized carbons (Fsp3) is 0.294. The van der Waals surface area contributed by atoms with Crippen molar-refractivity contribution in [2.75, 3.05) is 26.8 Å². The zero-order valence-electron chi connectivity index (χ0n) is 12.9. The number of ether oxygens (including phenoxy) is 1. The average molecular weight is 348 g/mol. The Morgan fingerprint density at radius 3 is 2.87 bits per heavy atom. The van der Waals surface area contributed by atoms with Crippen molar-refractivity contribution in [3.05, 3.63) is 47.2 Å². The standard InChI is InChI=1S/C17H18ClN3OS/c1-22-9-8-19-6-4-12-2-3-14(21-11-12)16-10-15-17(23-16)13(18)5-7-20-15/h2-3,5,7,10-11,19H,4,6,8-9H2,1H3. The Morgan fingerprint density at radius 1 is 1.22 bits per heavy atom. The molecule has 23 heavy (non-hydrogen) atoms. The van der Waals surface area contributed by atoms with Crippen molar-refractivity contribution < 1.29 is 4.74 Å². The van der Waals surface area contributed by atoms with Crippen LogP contribution in [0.4, 0.5) is 0 Å². The molecule has 0 aliphatic rings. The molecule has 0 spiro atoms. The number of pyridine rings is 2. The second-order valence-electron chi connectivity index (χ2n) is 5.16. The van der Waals surface area contributed by atoms with E-state index in [1.807, 2.05) is 18.3 Å². The van der Waals surface area contributed by atoms with Crippen molar-refractivity contribution in [1.29, 1.82) is 0 Å². The van der Waals surface area contributed by atoms with Gasteiger partial charge in [-0.1, -0.05) is 17.7 Å². The minimum Gasteiger partial charge on any atom is -0.383 e. The Bertz CT molecular complexity index is 773. The van der Waals surface area contributed by atoms with E-state index in [1.165, 1.54) is 5.56 Å². The summed E-state index contributed by atoms with van der Waals surface area (Å²) in [6, 6.07) is 8.04. The van der Waals surface area contributed by atoms with Crippen molar-refractivity contribution in [2.24, 2.45) is 0 Å². The van der Waals surface area contributed by atoms with Crippen LogP contribution in [0.5, 0.6) is 0 Å². The Morgan fingerprint density at radius 2 is 2.13 bits per heavy atom. The van der Waals surface area contributed by atoms with Crippen molar-refractivity contribution in [3.8, 4) is 10.6 Å². The van der Waals surface area contributed by atoms with Gasteiger partial charge < -0.3 is 10.1 Å². The molecule has 0 aliphatic carbocycles. The largest absolute Gasteiger partial charge is 0.383 e. The summed E-state index contributed by atoms with van der Waals surface area (Å²) in [6.45, 7) is 2.53. The maximum Gasteiger partial charge on any atom is 0.0831 e. The monoisotopic (exact) mass is 347 g/mol. The third kappa shape index (κ3) is 4.06. The summed E-state index contributed by atoms with van der Waals surface area (Å²) < 4.78 is 6.02. The van der Waals surface area contributed by atoms with Crippen LogP contribution in [0.25, 0.3) is 20.8 Å². The highest BCUT2D eigenvalue weighted by molar-refractivity contribution is 7.22. The van der Waals surface area contributed by atoms with Gasteiger partial charge in [0.2, 0.25) is 0 Å². The summed E-state index contributed by atoms with van der Waals surface area (Å²) in [5.74, 6) is 0. The van der Waals surface area contributed by atoms with E-state index in [1.54, 1.807) is 24.6 Å². The normalized spacial score (nSPS) is 11.2. The summed E-state index contributed by atoms with van der Waals surface area (Å²) in [5, 5.41) is 4.07. The first-order valence-electron chi connectivity index (χ1n) is 7.47. The summed E-state index contributed by atoms with van der Waals surface area (Å²) in [5.41, 5.74) is 3.10. The van der Waals surface area contributed by atoms with Gasteiger partial charge in [0, 0.05) is 26.0 Å². The number of rotatable bonds is 7. The zero-order valence-corrected chi connectivity index (χ0v) is 14.5. The van der Waals surface area contributed by atoms with Crippen LogP contribution in [0, 0.1) is 0 Å². The molecule has 3 aromatic heterocycles. The van der Waals surface area contributed by atoms with Crippen LogP contribution in [-0.4, -0.2) is 36.8 Å². The van der Waals surface area contributed by atoms with Crippen molar-refractivity contribution in [3.63, 3.8) is 0 Å². The zero-order chi connectivity index (χ0) is 16.1. The van der Waals surface area contributed by atoms with Crippen LogP contribution < -0.4 is 5.32 Å². The first-order valence-corrected chi connectivity index (χ1v) is 8.66. The topological polar surface area (TPSA) is 47.0 Å². The highest BCUT2D eigenvalue weighted by Gasteiger charge is 2.09. The summed E-state index contributed by atoms with van der Waals surface area (Å²) in [4.78, 5) is 10.0. The van der Waals surface area contributed by atoms with E-state index in [-0.39, 0.29) is 0 Å². The maximum absolute atomic E-state index is 6.21. The molecule has 3 rings (SSSR count). The maximum atomic E-state index is 6.21. The lowest BCUT2D eigenvalue weighted by molar-refractivity contribution is 0.199. The Hall–Kier alpha value is -1.53. The van der Waals surface area contributed by atoms with E-state index in [0.29, 0.717) is 0 Å². The van der Waals surface area contributed by atoms with Crippen LogP contribution in [0.1, 0.15) is 5.56 Å². The summed E-state index contributed by atoms with van der Waals surface area (Å²) in [7, 11) is 1.71. The smallest absolute Gasteiger partial charge is 0.0831 e. The quantitative estimate of drug-likeness (QED) is 0.660. The molecule has 120 valence electrons. The number of nitrogens with one attached hydrogen (secondary N) is 1. The highest BCUT2D eigenvalue weighted by atomic mass is 35.5. The number of aromatic nitrogens is 2. The van der Waals surface area contributed by atoms with Gasteiger partial charge in [0.05, 0.1) is 32.4 Å². The highest BCUT2D eigenvalue weighted by Crippen LogP contribution is 2.35. The SMILES string of the molecule is COCCNCCc1ccc(-c2cc3nccc(Cl)c3s2)nc1. The van der Waals surface area contributed by atoms with Crippen LogP contribution in [0.2, 0.25) is 5.02 Å². The van der Waals surface area contributed by atoms with Crippen LogP contribution in [-0.2, 0) is 11.2 Å². The first kappa shape index (κ1) is 16.3. The molecule has 1 N–H and O–H groups in total.